The van der Waals surface area contributed by atoms with Gasteiger partial charge in [-0.3, -0.25) is 0 Å². The largest absolute Gasteiger partial charge is 0.490 e. The molecule has 1 aromatic carbocycles. The van der Waals surface area contributed by atoms with Crippen LogP contribution in [0.5, 0.6) is 5.75 Å². The van der Waals surface area contributed by atoms with Crippen LogP contribution in [-0.4, -0.2) is 7.11 Å². The molecule has 0 atom stereocenters. The predicted octanol–water partition coefficient (Wildman–Crippen LogP) is 3.49. The van der Waals surface area contributed by atoms with Crippen LogP contribution in [0.15, 0.2) is 43.2 Å². The van der Waals surface area contributed by atoms with E-state index in [0.29, 0.717) is 27.8 Å². The molecule has 0 bridgehead atoms. The van der Waals surface area contributed by atoms with Gasteiger partial charge in [-0.05, 0) is 17.7 Å². The Morgan fingerprint density at radius 3 is 2.79 bits per heavy atom. The third-order valence-corrected chi connectivity index (χ3v) is 2.77. The molecule has 2 heterocycles. The quantitative estimate of drug-likeness (QED) is 0.303. The second-order valence-electron chi connectivity index (χ2n) is 3.73. The first-order valence-electron chi connectivity index (χ1n) is 5.32. The molecule has 0 fully saturated rings. The summed E-state index contributed by atoms with van der Waals surface area (Å²) >= 11 is 0. The summed E-state index contributed by atoms with van der Waals surface area (Å²) in [6, 6.07) is 4.44. The van der Waals surface area contributed by atoms with E-state index in [1.165, 1.54) is 25.5 Å². The maximum absolute atomic E-state index is 11.3. The van der Waals surface area contributed by atoms with Gasteiger partial charge >= 0.3 is 5.63 Å². The predicted molar refractivity (Wildman–Crippen MR) is 67.6 cm³/mol. The molecule has 0 spiro atoms. The van der Waals surface area contributed by atoms with Gasteiger partial charge in [-0.1, -0.05) is 5.11 Å². The zero-order chi connectivity index (χ0) is 13.4. The Kier molecular flexibility index (Phi) is 2.40. The van der Waals surface area contributed by atoms with Crippen molar-refractivity contribution in [1.82, 2.24) is 0 Å². The number of benzene rings is 1. The summed E-state index contributed by atoms with van der Waals surface area (Å²) in [5, 5.41) is 4.73. The van der Waals surface area contributed by atoms with Crippen molar-refractivity contribution in [3.63, 3.8) is 0 Å². The van der Waals surface area contributed by atoms with Gasteiger partial charge in [-0.25, -0.2) is 4.79 Å². The Morgan fingerprint density at radius 2 is 2.05 bits per heavy atom. The monoisotopic (exact) mass is 257 g/mol. The van der Waals surface area contributed by atoms with Crippen molar-refractivity contribution in [2.75, 3.05) is 7.11 Å². The number of azide groups is 1. The van der Waals surface area contributed by atoms with Crippen LogP contribution < -0.4 is 10.4 Å². The molecule has 7 nitrogen and oxygen atoms in total. The molecule has 94 valence electrons. The molecular formula is C12H7N3O4. The highest BCUT2D eigenvalue weighted by Crippen LogP contribution is 2.42. The molecule has 0 aliphatic carbocycles. The summed E-state index contributed by atoms with van der Waals surface area (Å²) in [4.78, 5) is 14.1. The molecule has 0 aliphatic rings. The highest BCUT2D eigenvalue weighted by Gasteiger charge is 2.18. The van der Waals surface area contributed by atoms with Crippen molar-refractivity contribution in [1.29, 1.82) is 0 Å². The van der Waals surface area contributed by atoms with Crippen LogP contribution in [0.2, 0.25) is 0 Å². The minimum atomic E-state index is -0.524. The van der Waals surface area contributed by atoms with Gasteiger partial charge in [0.1, 0.15) is 0 Å². The fraction of sp³-hybridized carbons (Fsp3) is 0.0833. The fourth-order valence-corrected chi connectivity index (χ4v) is 2.03. The van der Waals surface area contributed by atoms with E-state index in [-0.39, 0.29) is 5.58 Å². The average Bonchev–Trinajstić information content (AvgIpc) is 2.87. The highest BCUT2D eigenvalue weighted by atomic mass is 16.5. The minimum absolute atomic E-state index is 0.194. The molecule has 0 amide bonds. The van der Waals surface area contributed by atoms with Crippen LogP contribution >= 0.6 is 0 Å². The summed E-state index contributed by atoms with van der Waals surface area (Å²) in [6.45, 7) is 0. The Labute approximate surface area is 105 Å². The second kappa shape index (κ2) is 4.08. The zero-order valence-corrected chi connectivity index (χ0v) is 9.78. The number of methoxy groups -OCH3 is 1. The molecule has 0 radical (unpaired) electrons. The lowest BCUT2D eigenvalue weighted by molar-refractivity contribution is 0.403. The van der Waals surface area contributed by atoms with E-state index >= 15 is 0 Å². The van der Waals surface area contributed by atoms with Crippen LogP contribution in [0.25, 0.3) is 32.4 Å². The number of nitrogens with zero attached hydrogens (tertiary/aromatic N) is 3. The third kappa shape index (κ3) is 1.53. The van der Waals surface area contributed by atoms with E-state index in [4.69, 9.17) is 19.1 Å². The lowest BCUT2D eigenvalue weighted by atomic mass is 10.1. The van der Waals surface area contributed by atoms with Crippen molar-refractivity contribution in [2.24, 2.45) is 5.11 Å². The number of hydrogen-bond acceptors (Lipinski definition) is 5. The number of furan rings is 1. The first-order chi connectivity index (χ1) is 9.26. The fourth-order valence-electron chi connectivity index (χ4n) is 2.03. The molecule has 0 saturated carbocycles. The zero-order valence-electron chi connectivity index (χ0n) is 9.78. The lowest BCUT2D eigenvalue weighted by Crippen LogP contribution is -1.96. The maximum Gasteiger partial charge on any atom is 0.336 e. The summed E-state index contributed by atoms with van der Waals surface area (Å²) in [5.41, 5.74) is 9.04. The SMILES string of the molecule is COc1c2occc2c(N=[N+]=[N-])c2ccc(=O)oc12. The molecule has 0 aliphatic heterocycles. The van der Waals surface area contributed by atoms with Gasteiger partial charge in [0.25, 0.3) is 0 Å². The van der Waals surface area contributed by atoms with Crippen LogP contribution in [0, 0.1) is 0 Å². The number of ether oxygens (including phenoxy) is 1. The van der Waals surface area contributed by atoms with E-state index in [9.17, 15) is 4.79 Å². The van der Waals surface area contributed by atoms with E-state index < -0.39 is 5.63 Å². The normalized spacial score (nSPS) is 10.6. The summed E-state index contributed by atoms with van der Waals surface area (Å²) in [5.74, 6) is 0.296. The molecule has 0 N–H and O–H groups in total. The highest BCUT2D eigenvalue weighted by molar-refractivity contribution is 6.10. The molecule has 3 aromatic rings. The van der Waals surface area contributed by atoms with Gasteiger partial charge < -0.3 is 13.6 Å². The van der Waals surface area contributed by atoms with Crippen LogP contribution in [0.4, 0.5) is 5.69 Å². The number of fused-ring (bicyclic) bond motifs is 2. The topological polar surface area (TPSA) is 101 Å². The second-order valence-corrected chi connectivity index (χ2v) is 3.73. The summed E-state index contributed by atoms with van der Waals surface area (Å²) < 4.78 is 15.7. The van der Waals surface area contributed by atoms with Crippen molar-refractivity contribution in [2.45, 2.75) is 0 Å². The Balaban J connectivity index is 2.66. The van der Waals surface area contributed by atoms with E-state index in [0.717, 1.165) is 0 Å². The number of hydrogen-bond donors (Lipinski definition) is 0. The van der Waals surface area contributed by atoms with Gasteiger partial charge in [0, 0.05) is 21.8 Å². The third-order valence-electron chi connectivity index (χ3n) is 2.77. The van der Waals surface area contributed by atoms with Gasteiger partial charge in [0.15, 0.2) is 11.2 Å². The molecule has 3 rings (SSSR count). The van der Waals surface area contributed by atoms with E-state index in [1.54, 1.807) is 6.07 Å². The summed E-state index contributed by atoms with van der Waals surface area (Å²) in [6.07, 6.45) is 1.45. The van der Waals surface area contributed by atoms with Crippen molar-refractivity contribution >= 4 is 27.6 Å². The van der Waals surface area contributed by atoms with Gasteiger partial charge in [0.05, 0.1) is 19.1 Å². The molecule has 0 unspecified atom stereocenters. The smallest absolute Gasteiger partial charge is 0.336 e. The molecule has 2 aromatic heterocycles. The van der Waals surface area contributed by atoms with Gasteiger partial charge in [0.2, 0.25) is 5.75 Å². The maximum atomic E-state index is 11.3. The van der Waals surface area contributed by atoms with Crippen LogP contribution in [-0.2, 0) is 0 Å². The van der Waals surface area contributed by atoms with Crippen LogP contribution in [0.1, 0.15) is 0 Å². The summed E-state index contributed by atoms with van der Waals surface area (Å²) in [7, 11) is 1.44. The van der Waals surface area contributed by atoms with Gasteiger partial charge in [-0.2, -0.15) is 0 Å². The van der Waals surface area contributed by atoms with Crippen LogP contribution in [0.3, 0.4) is 0 Å². The first-order valence-corrected chi connectivity index (χ1v) is 5.32. The lowest BCUT2D eigenvalue weighted by Gasteiger charge is -2.07. The molecule has 19 heavy (non-hydrogen) atoms. The standard InChI is InChI=1S/C12H7N3O4/c1-17-12-10-7(4-5-18-10)9(14-15-13)6-2-3-8(16)19-11(6)12/h2-5H,1H3. The molecule has 0 saturated heterocycles. The van der Waals surface area contributed by atoms with Crippen molar-refractivity contribution in [3.05, 3.63) is 45.3 Å². The Morgan fingerprint density at radius 1 is 1.26 bits per heavy atom. The van der Waals surface area contributed by atoms with E-state index in [1.807, 2.05) is 0 Å². The van der Waals surface area contributed by atoms with E-state index in [2.05, 4.69) is 10.0 Å². The van der Waals surface area contributed by atoms with Gasteiger partial charge in [-0.15, -0.1) is 0 Å². The van der Waals surface area contributed by atoms with Crippen molar-refractivity contribution in [3.8, 4) is 5.75 Å². The minimum Gasteiger partial charge on any atom is -0.490 e. The average molecular weight is 257 g/mol. The number of rotatable bonds is 2. The van der Waals surface area contributed by atoms with Crippen molar-refractivity contribution < 1.29 is 13.6 Å². The Hall–Kier alpha value is -2.92. The first kappa shape index (κ1) is 11.2. The Bertz CT molecular complexity index is 887. The molecule has 7 heteroatoms. The molecular weight excluding hydrogens is 250 g/mol.